The second-order valence-electron chi connectivity index (χ2n) is 5.27. The maximum absolute atomic E-state index is 12.4. The van der Waals surface area contributed by atoms with E-state index in [9.17, 15) is 9.59 Å². The van der Waals surface area contributed by atoms with Gasteiger partial charge in [-0.2, -0.15) is 0 Å². The number of furan rings is 1. The van der Waals surface area contributed by atoms with Gasteiger partial charge in [0.2, 0.25) is 5.91 Å². The molecule has 134 valence electrons. The van der Waals surface area contributed by atoms with Crippen molar-refractivity contribution in [3.63, 3.8) is 0 Å². The lowest BCUT2D eigenvalue weighted by atomic mass is 10.3. The molecule has 0 saturated carbocycles. The number of thioether (sulfide) groups is 1. The Balaban J connectivity index is 1.59. The van der Waals surface area contributed by atoms with Gasteiger partial charge in [-0.25, -0.2) is 0 Å². The van der Waals surface area contributed by atoms with Crippen LogP contribution in [0.3, 0.4) is 0 Å². The largest absolute Gasteiger partial charge is 0.465 e. The molecule has 0 bridgehead atoms. The first-order valence-electron chi connectivity index (χ1n) is 7.48. The van der Waals surface area contributed by atoms with Crippen molar-refractivity contribution in [1.29, 1.82) is 0 Å². The first-order chi connectivity index (χ1) is 12.4. The molecule has 0 radical (unpaired) electrons. The minimum atomic E-state index is -0.279. The number of nitrogens with zero attached hydrogens (tertiary/aromatic N) is 1. The van der Waals surface area contributed by atoms with Crippen LogP contribution in [0.1, 0.15) is 12.2 Å². The number of hydrogen-bond acceptors (Lipinski definition) is 5. The monoisotopic (exact) mass is 426 g/mol. The van der Waals surface area contributed by atoms with Crippen molar-refractivity contribution in [3.05, 3.63) is 57.3 Å². The molecular formula is C17H12Cl2N2O3S2. The van der Waals surface area contributed by atoms with Gasteiger partial charge < -0.3 is 9.73 Å². The van der Waals surface area contributed by atoms with Crippen molar-refractivity contribution >= 4 is 75.1 Å². The minimum Gasteiger partial charge on any atom is -0.465 e. The Morgan fingerprint density at radius 1 is 1.35 bits per heavy atom. The highest BCUT2D eigenvalue weighted by molar-refractivity contribution is 8.26. The summed E-state index contributed by atoms with van der Waals surface area (Å²) in [6, 6.07) is 8.27. The number of nitrogens with one attached hydrogen (secondary N) is 1. The maximum atomic E-state index is 12.4. The lowest BCUT2D eigenvalue weighted by Crippen LogP contribution is -2.31. The van der Waals surface area contributed by atoms with E-state index in [1.165, 1.54) is 22.9 Å². The SMILES string of the molecule is O=C(CCN1C(=O)/C(=C\c2ccco2)SC1=S)Nc1ccc(Cl)cc1Cl. The standard InChI is InChI=1S/C17H12Cl2N2O3S2/c18-10-3-4-13(12(19)8-10)20-15(22)5-6-21-16(23)14(26-17(21)25)9-11-2-1-7-24-11/h1-4,7-9H,5-6H2,(H,20,22)/b14-9+. The molecule has 26 heavy (non-hydrogen) atoms. The molecule has 3 rings (SSSR count). The van der Waals surface area contributed by atoms with Crippen molar-refractivity contribution in [2.75, 3.05) is 11.9 Å². The zero-order valence-corrected chi connectivity index (χ0v) is 16.3. The summed E-state index contributed by atoms with van der Waals surface area (Å²) >= 11 is 18.3. The highest BCUT2D eigenvalue weighted by atomic mass is 35.5. The van der Waals surface area contributed by atoms with Crippen molar-refractivity contribution in [3.8, 4) is 0 Å². The number of anilines is 1. The summed E-state index contributed by atoms with van der Waals surface area (Å²) in [6.07, 6.45) is 3.24. The topological polar surface area (TPSA) is 62.6 Å². The summed E-state index contributed by atoms with van der Waals surface area (Å²) in [5.41, 5.74) is 0.462. The highest BCUT2D eigenvalue weighted by Crippen LogP contribution is 2.32. The van der Waals surface area contributed by atoms with Crippen LogP contribution in [0.4, 0.5) is 5.69 Å². The number of carbonyl (C=O) groups excluding carboxylic acids is 2. The Morgan fingerprint density at radius 3 is 2.85 bits per heavy atom. The number of halogens is 2. The van der Waals surface area contributed by atoms with E-state index >= 15 is 0 Å². The van der Waals surface area contributed by atoms with E-state index in [1.807, 2.05) is 0 Å². The van der Waals surface area contributed by atoms with Crippen LogP contribution < -0.4 is 5.32 Å². The first-order valence-corrected chi connectivity index (χ1v) is 9.46. The van der Waals surface area contributed by atoms with Crippen molar-refractivity contribution in [2.45, 2.75) is 6.42 Å². The number of rotatable bonds is 5. The zero-order chi connectivity index (χ0) is 18.7. The highest BCUT2D eigenvalue weighted by Gasteiger charge is 2.32. The molecule has 1 N–H and O–H groups in total. The fraction of sp³-hybridized carbons (Fsp3) is 0.118. The van der Waals surface area contributed by atoms with Gasteiger partial charge in [0.15, 0.2) is 0 Å². The van der Waals surface area contributed by atoms with Crippen LogP contribution in [-0.4, -0.2) is 27.6 Å². The van der Waals surface area contributed by atoms with E-state index in [4.69, 9.17) is 39.8 Å². The molecule has 1 aromatic heterocycles. The van der Waals surface area contributed by atoms with E-state index in [0.717, 1.165) is 0 Å². The Labute approximate surface area is 169 Å². The molecular weight excluding hydrogens is 415 g/mol. The summed E-state index contributed by atoms with van der Waals surface area (Å²) in [7, 11) is 0. The van der Waals surface area contributed by atoms with Crippen LogP contribution in [-0.2, 0) is 9.59 Å². The molecule has 2 heterocycles. The zero-order valence-electron chi connectivity index (χ0n) is 13.2. The summed E-state index contributed by atoms with van der Waals surface area (Å²) in [6.45, 7) is 0.178. The van der Waals surface area contributed by atoms with Gasteiger partial charge in [-0.15, -0.1) is 0 Å². The third kappa shape index (κ3) is 4.48. The number of carbonyl (C=O) groups is 2. The molecule has 1 fully saturated rings. The Kier molecular flexibility index (Phi) is 6.03. The normalized spacial score (nSPS) is 15.8. The lowest BCUT2D eigenvalue weighted by molar-refractivity contribution is -0.122. The van der Waals surface area contributed by atoms with E-state index < -0.39 is 0 Å². The average Bonchev–Trinajstić information content (AvgIpc) is 3.18. The fourth-order valence-electron chi connectivity index (χ4n) is 2.21. The molecule has 0 aliphatic carbocycles. The number of benzene rings is 1. The molecule has 1 aliphatic rings. The molecule has 1 aromatic carbocycles. The quantitative estimate of drug-likeness (QED) is 0.548. The third-order valence-electron chi connectivity index (χ3n) is 3.46. The Morgan fingerprint density at radius 2 is 2.15 bits per heavy atom. The van der Waals surface area contributed by atoms with Gasteiger partial charge in [0.25, 0.3) is 5.91 Å². The molecule has 0 spiro atoms. The van der Waals surface area contributed by atoms with Crippen LogP contribution in [0.15, 0.2) is 45.9 Å². The van der Waals surface area contributed by atoms with Crippen LogP contribution in [0, 0.1) is 0 Å². The Hall–Kier alpha value is -1.80. The van der Waals surface area contributed by atoms with Gasteiger partial charge in [-0.05, 0) is 30.3 Å². The fourth-order valence-corrected chi connectivity index (χ4v) is 3.96. The second kappa shape index (κ2) is 8.26. The molecule has 5 nitrogen and oxygen atoms in total. The lowest BCUT2D eigenvalue weighted by Gasteiger charge is -2.14. The van der Waals surface area contributed by atoms with Gasteiger partial charge >= 0.3 is 0 Å². The number of hydrogen-bond donors (Lipinski definition) is 1. The molecule has 0 unspecified atom stereocenters. The first kappa shape index (κ1) is 19.0. The predicted molar refractivity (Wildman–Crippen MR) is 108 cm³/mol. The summed E-state index contributed by atoms with van der Waals surface area (Å²) in [5.74, 6) is 0.0487. The molecule has 1 aliphatic heterocycles. The third-order valence-corrected chi connectivity index (χ3v) is 5.38. The smallest absolute Gasteiger partial charge is 0.266 e. The van der Waals surface area contributed by atoms with E-state index in [1.54, 1.807) is 36.4 Å². The van der Waals surface area contributed by atoms with Gasteiger partial charge in [0, 0.05) is 24.1 Å². The Bertz CT molecular complexity index is 897. The van der Waals surface area contributed by atoms with Crippen molar-refractivity contribution < 1.29 is 14.0 Å². The predicted octanol–water partition coefficient (Wildman–Crippen LogP) is 4.82. The summed E-state index contributed by atoms with van der Waals surface area (Å²) in [5, 5.41) is 3.52. The summed E-state index contributed by atoms with van der Waals surface area (Å²) in [4.78, 5) is 26.4. The minimum absolute atomic E-state index is 0.0828. The average molecular weight is 427 g/mol. The van der Waals surface area contributed by atoms with E-state index in [0.29, 0.717) is 30.7 Å². The van der Waals surface area contributed by atoms with Gasteiger partial charge in [-0.3, -0.25) is 14.5 Å². The molecule has 1 saturated heterocycles. The second-order valence-corrected chi connectivity index (χ2v) is 7.79. The van der Waals surface area contributed by atoms with Gasteiger partial charge in [-0.1, -0.05) is 47.2 Å². The number of thiocarbonyl (C=S) groups is 1. The van der Waals surface area contributed by atoms with Gasteiger partial charge in [0.05, 0.1) is 21.9 Å². The van der Waals surface area contributed by atoms with Gasteiger partial charge in [0.1, 0.15) is 10.1 Å². The van der Waals surface area contributed by atoms with Crippen LogP contribution in [0.25, 0.3) is 6.08 Å². The molecule has 9 heteroatoms. The maximum Gasteiger partial charge on any atom is 0.266 e. The number of amides is 2. The van der Waals surface area contributed by atoms with Crippen molar-refractivity contribution in [2.24, 2.45) is 0 Å². The van der Waals surface area contributed by atoms with Crippen LogP contribution in [0.5, 0.6) is 0 Å². The molecule has 0 atom stereocenters. The van der Waals surface area contributed by atoms with E-state index in [-0.39, 0.29) is 24.8 Å². The van der Waals surface area contributed by atoms with Crippen LogP contribution >= 0.6 is 47.2 Å². The molecule has 2 aromatic rings. The molecule has 2 amide bonds. The van der Waals surface area contributed by atoms with E-state index in [2.05, 4.69) is 5.32 Å². The van der Waals surface area contributed by atoms with Crippen LogP contribution in [0.2, 0.25) is 10.0 Å². The summed E-state index contributed by atoms with van der Waals surface area (Å²) < 4.78 is 5.62. The van der Waals surface area contributed by atoms with Crippen molar-refractivity contribution in [1.82, 2.24) is 4.90 Å².